The van der Waals surface area contributed by atoms with Gasteiger partial charge in [0.15, 0.2) is 0 Å². The average Bonchev–Trinajstić information content (AvgIpc) is 2.77. The summed E-state index contributed by atoms with van der Waals surface area (Å²) in [6.07, 6.45) is 3.55. The van der Waals surface area contributed by atoms with Crippen LogP contribution >= 0.6 is 23.2 Å². The number of halogens is 2. The van der Waals surface area contributed by atoms with Gasteiger partial charge in [0.25, 0.3) is 0 Å². The Morgan fingerprint density at radius 2 is 2.00 bits per heavy atom. The van der Waals surface area contributed by atoms with Crippen molar-refractivity contribution in [1.82, 2.24) is 9.55 Å². The van der Waals surface area contributed by atoms with E-state index in [9.17, 15) is 0 Å². The molecule has 1 heterocycles. The Kier molecular flexibility index (Phi) is 3.95. The lowest BCUT2D eigenvalue weighted by atomic mass is 10.1. The fraction of sp³-hybridized carbons (Fsp3) is 0.308. The fourth-order valence-electron chi connectivity index (χ4n) is 1.98. The SMILES string of the molecule is CC(c1ccc(Cl)cc1Cl)n1cncc1[C@H](C)N. The van der Waals surface area contributed by atoms with E-state index in [1.807, 2.05) is 23.6 Å². The first-order chi connectivity index (χ1) is 8.50. The van der Waals surface area contributed by atoms with Gasteiger partial charge >= 0.3 is 0 Å². The number of nitrogens with zero attached hydrogens (tertiary/aromatic N) is 2. The third-order valence-electron chi connectivity index (χ3n) is 2.99. The Bertz CT molecular complexity index is 549. The molecule has 0 amide bonds. The summed E-state index contributed by atoms with van der Waals surface area (Å²) in [6, 6.07) is 5.51. The largest absolute Gasteiger partial charge is 0.326 e. The van der Waals surface area contributed by atoms with Gasteiger partial charge in [0.1, 0.15) is 0 Å². The molecule has 2 atom stereocenters. The zero-order valence-electron chi connectivity index (χ0n) is 10.3. The van der Waals surface area contributed by atoms with Gasteiger partial charge in [-0.3, -0.25) is 0 Å². The summed E-state index contributed by atoms with van der Waals surface area (Å²) in [5.41, 5.74) is 7.90. The van der Waals surface area contributed by atoms with Crippen molar-refractivity contribution in [3.63, 3.8) is 0 Å². The summed E-state index contributed by atoms with van der Waals surface area (Å²) in [5.74, 6) is 0. The van der Waals surface area contributed by atoms with Crippen LogP contribution in [0.2, 0.25) is 10.0 Å². The second kappa shape index (κ2) is 5.31. The molecule has 1 aromatic carbocycles. The summed E-state index contributed by atoms with van der Waals surface area (Å²) < 4.78 is 2.03. The van der Waals surface area contributed by atoms with Crippen LogP contribution in [0, 0.1) is 0 Å². The van der Waals surface area contributed by atoms with E-state index in [-0.39, 0.29) is 12.1 Å². The maximum absolute atomic E-state index is 6.22. The van der Waals surface area contributed by atoms with Crippen LogP contribution in [-0.2, 0) is 0 Å². The fourth-order valence-corrected chi connectivity index (χ4v) is 2.55. The Labute approximate surface area is 117 Å². The van der Waals surface area contributed by atoms with Gasteiger partial charge in [-0.1, -0.05) is 29.3 Å². The first-order valence-corrected chi connectivity index (χ1v) is 6.48. The van der Waals surface area contributed by atoms with Crippen molar-refractivity contribution in [3.8, 4) is 0 Å². The summed E-state index contributed by atoms with van der Waals surface area (Å²) in [7, 11) is 0. The number of aromatic nitrogens is 2. The van der Waals surface area contributed by atoms with Gasteiger partial charge in [0.2, 0.25) is 0 Å². The Morgan fingerprint density at radius 1 is 1.28 bits per heavy atom. The second-order valence-electron chi connectivity index (χ2n) is 4.36. The molecule has 0 saturated heterocycles. The number of rotatable bonds is 3. The van der Waals surface area contributed by atoms with E-state index in [0.717, 1.165) is 11.3 Å². The number of nitrogens with two attached hydrogens (primary N) is 1. The molecule has 0 fully saturated rings. The minimum absolute atomic E-state index is 0.0678. The monoisotopic (exact) mass is 283 g/mol. The molecule has 96 valence electrons. The molecule has 3 nitrogen and oxygen atoms in total. The van der Waals surface area contributed by atoms with Gasteiger partial charge in [-0.05, 0) is 31.5 Å². The van der Waals surface area contributed by atoms with Crippen molar-refractivity contribution in [1.29, 1.82) is 0 Å². The van der Waals surface area contributed by atoms with Crippen LogP contribution in [0.3, 0.4) is 0 Å². The Morgan fingerprint density at radius 3 is 2.61 bits per heavy atom. The predicted molar refractivity (Wildman–Crippen MR) is 75.1 cm³/mol. The first-order valence-electron chi connectivity index (χ1n) is 5.73. The van der Waals surface area contributed by atoms with Gasteiger partial charge in [-0.25, -0.2) is 4.98 Å². The van der Waals surface area contributed by atoms with E-state index in [4.69, 9.17) is 28.9 Å². The molecule has 0 aliphatic rings. The standard InChI is InChI=1S/C13H15Cl2N3/c1-8(16)13-6-17-7-18(13)9(2)11-4-3-10(14)5-12(11)15/h3-9H,16H2,1-2H3/t8-,9?/m0/s1. The third-order valence-corrected chi connectivity index (χ3v) is 3.55. The van der Waals surface area contributed by atoms with E-state index < -0.39 is 0 Å². The normalized spacial score (nSPS) is 14.5. The summed E-state index contributed by atoms with van der Waals surface area (Å²) in [5, 5.41) is 1.29. The van der Waals surface area contributed by atoms with Crippen LogP contribution in [0.4, 0.5) is 0 Å². The maximum Gasteiger partial charge on any atom is 0.0954 e. The highest BCUT2D eigenvalue weighted by atomic mass is 35.5. The highest BCUT2D eigenvalue weighted by Crippen LogP contribution is 2.29. The minimum Gasteiger partial charge on any atom is -0.326 e. The van der Waals surface area contributed by atoms with E-state index >= 15 is 0 Å². The summed E-state index contributed by atoms with van der Waals surface area (Å²) >= 11 is 12.1. The summed E-state index contributed by atoms with van der Waals surface area (Å²) in [6.45, 7) is 3.99. The lowest BCUT2D eigenvalue weighted by Crippen LogP contribution is -2.15. The first kappa shape index (κ1) is 13.4. The van der Waals surface area contributed by atoms with Crippen molar-refractivity contribution in [2.24, 2.45) is 5.73 Å². The van der Waals surface area contributed by atoms with E-state index in [2.05, 4.69) is 11.9 Å². The maximum atomic E-state index is 6.22. The molecule has 18 heavy (non-hydrogen) atoms. The molecular formula is C13H15Cl2N3. The number of hydrogen-bond donors (Lipinski definition) is 1. The Balaban J connectivity index is 2.41. The molecule has 0 bridgehead atoms. The van der Waals surface area contributed by atoms with Crippen LogP contribution in [0.25, 0.3) is 0 Å². The zero-order valence-corrected chi connectivity index (χ0v) is 11.8. The van der Waals surface area contributed by atoms with Crippen LogP contribution < -0.4 is 5.73 Å². The average molecular weight is 284 g/mol. The van der Waals surface area contributed by atoms with Crippen molar-refractivity contribution >= 4 is 23.2 Å². The molecule has 0 spiro atoms. The number of hydrogen-bond acceptors (Lipinski definition) is 2. The highest BCUT2D eigenvalue weighted by molar-refractivity contribution is 6.35. The van der Waals surface area contributed by atoms with Gasteiger partial charge in [-0.15, -0.1) is 0 Å². The summed E-state index contributed by atoms with van der Waals surface area (Å²) in [4.78, 5) is 4.15. The molecule has 5 heteroatoms. The van der Waals surface area contributed by atoms with E-state index in [0.29, 0.717) is 10.0 Å². The predicted octanol–water partition coefficient (Wildman–Crippen LogP) is 3.82. The van der Waals surface area contributed by atoms with Crippen LogP contribution in [-0.4, -0.2) is 9.55 Å². The van der Waals surface area contributed by atoms with Gasteiger partial charge in [0, 0.05) is 22.3 Å². The zero-order chi connectivity index (χ0) is 13.3. The van der Waals surface area contributed by atoms with Gasteiger partial charge in [-0.2, -0.15) is 0 Å². The topological polar surface area (TPSA) is 43.8 Å². The number of benzene rings is 1. The Hall–Kier alpha value is -1.03. The molecule has 0 aliphatic heterocycles. The molecule has 2 rings (SSSR count). The van der Waals surface area contributed by atoms with Crippen LogP contribution in [0.15, 0.2) is 30.7 Å². The van der Waals surface area contributed by atoms with Crippen molar-refractivity contribution in [2.45, 2.75) is 25.9 Å². The van der Waals surface area contributed by atoms with Crippen LogP contribution in [0.5, 0.6) is 0 Å². The quantitative estimate of drug-likeness (QED) is 0.931. The van der Waals surface area contributed by atoms with Crippen molar-refractivity contribution < 1.29 is 0 Å². The molecular weight excluding hydrogens is 269 g/mol. The lowest BCUT2D eigenvalue weighted by Gasteiger charge is -2.19. The molecule has 0 aliphatic carbocycles. The van der Waals surface area contributed by atoms with Crippen molar-refractivity contribution in [3.05, 3.63) is 52.0 Å². The molecule has 1 unspecified atom stereocenters. The smallest absolute Gasteiger partial charge is 0.0954 e. The highest BCUT2D eigenvalue weighted by Gasteiger charge is 2.16. The second-order valence-corrected chi connectivity index (χ2v) is 5.20. The van der Waals surface area contributed by atoms with E-state index in [1.165, 1.54) is 0 Å². The molecule has 0 saturated carbocycles. The number of imidazole rings is 1. The van der Waals surface area contributed by atoms with E-state index in [1.54, 1.807) is 18.6 Å². The molecule has 2 aromatic rings. The lowest BCUT2D eigenvalue weighted by molar-refractivity contribution is 0.582. The molecule has 2 N–H and O–H groups in total. The van der Waals surface area contributed by atoms with Gasteiger partial charge < -0.3 is 10.3 Å². The van der Waals surface area contributed by atoms with Crippen molar-refractivity contribution in [2.75, 3.05) is 0 Å². The van der Waals surface area contributed by atoms with Gasteiger partial charge in [0.05, 0.1) is 18.1 Å². The van der Waals surface area contributed by atoms with Crippen LogP contribution in [0.1, 0.15) is 37.2 Å². The molecule has 1 aromatic heterocycles. The molecule has 0 radical (unpaired) electrons. The minimum atomic E-state index is -0.0685. The third kappa shape index (κ3) is 2.53.